The van der Waals surface area contributed by atoms with E-state index in [1.54, 1.807) is 6.92 Å². The molecule has 0 spiro atoms. The third-order valence-corrected chi connectivity index (χ3v) is 2.79. The minimum Gasteiger partial charge on any atom is -0.300 e. The minimum absolute atomic E-state index is 0.304. The van der Waals surface area contributed by atoms with Gasteiger partial charge in [0.25, 0.3) is 0 Å². The number of carbonyl (C=O) groups is 1. The Labute approximate surface area is 86.7 Å². The van der Waals surface area contributed by atoms with Gasteiger partial charge in [0.05, 0.1) is 0 Å². The Morgan fingerprint density at radius 3 is 3.07 bits per heavy atom. The van der Waals surface area contributed by atoms with Gasteiger partial charge < -0.3 is 0 Å². The molecule has 1 unspecified atom stereocenters. The van der Waals surface area contributed by atoms with E-state index < -0.39 is 0 Å². The van der Waals surface area contributed by atoms with Gasteiger partial charge in [0.1, 0.15) is 5.78 Å². The summed E-state index contributed by atoms with van der Waals surface area (Å²) >= 11 is 0. The molecule has 1 aliphatic heterocycles. The molecule has 0 saturated carbocycles. The summed E-state index contributed by atoms with van der Waals surface area (Å²) < 4.78 is 0. The van der Waals surface area contributed by atoms with Crippen LogP contribution in [0, 0.1) is 12.3 Å². The van der Waals surface area contributed by atoms with Gasteiger partial charge in [-0.05, 0) is 39.3 Å². The van der Waals surface area contributed by atoms with Crippen molar-refractivity contribution >= 4 is 5.78 Å². The van der Waals surface area contributed by atoms with Crippen LogP contribution >= 0.6 is 0 Å². The average molecular weight is 193 g/mol. The Kier molecular flexibility index (Phi) is 4.69. The molecule has 0 aromatic heterocycles. The molecule has 1 atom stereocenters. The van der Waals surface area contributed by atoms with E-state index >= 15 is 0 Å². The van der Waals surface area contributed by atoms with Gasteiger partial charge in [-0.3, -0.25) is 9.69 Å². The van der Waals surface area contributed by atoms with Gasteiger partial charge >= 0.3 is 0 Å². The predicted molar refractivity (Wildman–Crippen MR) is 58.0 cm³/mol. The van der Waals surface area contributed by atoms with Gasteiger partial charge in [-0.2, -0.15) is 0 Å². The zero-order valence-corrected chi connectivity index (χ0v) is 8.96. The highest BCUT2D eigenvalue weighted by molar-refractivity contribution is 5.76. The lowest BCUT2D eigenvalue weighted by molar-refractivity contribution is -0.118. The Bertz CT molecular complexity index is 229. The first-order valence-corrected chi connectivity index (χ1v) is 5.41. The molecule has 1 rings (SSSR count). The van der Waals surface area contributed by atoms with Crippen molar-refractivity contribution in [3.8, 4) is 12.3 Å². The fourth-order valence-electron chi connectivity index (χ4n) is 2.14. The Morgan fingerprint density at radius 1 is 1.64 bits per heavy atom. The number of rotatable bonds is 5. The van der Waals surface area contributed by atoms with Gasteiger partial charge in [-0.15, -0.1) is 12.3 Å². The molecule has 1 aliphatic rings. The maximum absolute atomic E-state index is 11.0. The molecule has 0 aromatic rings. The van der Waals surface area contributed by atoms with E-state index in [1.165, 1.54) is 12.8 Å². The second-order valence-electron chi connectivity index (χ2n) is 4.05. The molecule has 0 aliphatic carbocycles. The van der Waals surface area contributed by atoms with Gasteiger partial charge in [0.2, 0.25) is 0 Å². The highest BCUT2D eigenvalue weighted by atomic mass is 16.1. The van der Waals surface area contributed by atoms with Crippen LogP contribution in [-0.4, -0.2) is 29.8 Å². The number of terminal acetylenes is 1. The molecule has 1 saturated heterocycles. The van der Waals surface area contributed by atoms with Crippen LogP contribution in [0.5, 0.6) is 0 Å². The predicted octanol–water partition coefficient (Wildman–Crippen LogP) is 1.84. The molecule has 1 fully saturated rings. The van der Waals surface area contributed by atoms with Crippen LogP contribution in [0.15, 0.2) is 0 Å². The summed E-state index contributed by atoms with van der Waals surface area (Å²) in [6.45, 7) is 3.88. The van der Waals surface area contributed by atoms with E-state index in [0.717, 1.165) is 32.4 Å². The highest BCUT2D eigenvalue weighted by Gasteiger charge is 2.24. The summed E-state index contributed by atoms with van der Waals surface area (Å²) in [5.74, 6) is 2.96. The fourth-order valence-corrected chi connectivity index (χ4v) is 2.14. The zero-order chi connectivity index (χ0) is 10.4. The average Bonchev–Trinajstić information content (AvgIpc) is 2.52. The number of carbonyl (C=O) groups excluding carboxylic acids is 1. The molecule has 2 nitrogen and oxygen atoms in total. The van der Waals surface area contributed by atoms with Crippen LogP contribution in [0.2, 0.25) is 0 Å². The summed E-state index contributed by atoms with van der Waals surface area (Å²) in [5.41, 5.74) is 0. The van der Waals surface area contributed by atoms with Crippen molar-refractivity contribution < 1.29 is 4.79 Å². The van der Waals surface area contributed by atoms with Crippen molar-refractivity contribution in [2.45, 2.75) is 45.1 Å². The van der Waals surface area contributed by atoms with Crippen LogP contribution in [0.1, 0.15) is 39.0 Å². The first-order chi connectivity index (χ1) is 6.74. The normalized spacial score (nSPS) is 22.1. The van der Waals surface area contributed by atoms with Crippen LogP contribution in [0.3, 0.4) is 0 Å². The lowest BCUT2D eigenvalue weighted by Gasteiger charge is -2.22. The summed E-state index contributed by atoms with van der Waals surface area (Å²) in [6.07, 6.45) is 10.2. The summed E-state index contributed by atoms with van der Waals surface area (Å²) in [6, 6.07) is 0.491. The standard InChI is InChI=1S/C12H19NO/c1-3-4-5-8-13-9-6-7-12(13)10-11(2)14/h1,12H,4-10H2,2H3. The number of hydrogen-bond acceptors (Lipinski definition) is 2. The third kappa shape index (κ3) is 3.51. The second-order valence-corrected chi connectivity index (χ2v) is 4.05. The lowest BCUT2D eigenvalue weighted by Crippen LogP contribution is -2.31. The Balaban J connectivity index is 2.28. The quantitative estimate of drug-likeness (QED) is 0.490. The zero-order valence-electron chi connectivity index (χ0n) is 8.96. The number of ketones is 1. The maximum Gasteiger partial charge on any atom is 0.131 e. The second kappa shape index (κ2) is 5.82. The number of Topliss-reactive ketones (excluding diaryl/α,β-unsaturated/α-hetero) is 1. The van der Waals surface area contributed by atoms with Crippen molar-refractivity contribution in [1.29, 1.82) is 0 Å². The molecular formula is C12H19NO. The number of unbranched alkanes of at least 4 members (excludes halogenated alkanes) is 1. The van der Waals surface area contributed by atoms with E-state index in [9.17, 15) is 4.79 Å². The van der Waals surface area contributed by atoms with Crippen LogP contribution < -0.4 is 0 Å². The largest absolute Gasteiger partial charge is 0.300 e. The molecule has 2 heteroatoms. The molecular weight excluding hydrogens is 174 g/mol. The Hall–Kier alpha value is -0.810. The first kappa shape index (κ1) is 11.3. The summed E-state index contributed by atoms with van der Waals surface area (Å²) in [7, 11) is 0. The minimum atomic E-state index is 0.304. The van der Waals surface area contributed by atoms with Gasteiger partial charge in [0, 0.05) is 18.9 Å². The number of likely N-dealkylation sites (tertiary alicyclic amines) is 1. The number of hydrogen-bond donors (Lipinski definition) is 0. The molecule has 0 radical (unpaired) electrons. The van der Waals surface area contributed by atoms with Crippen molar-refractivity contribution in [3.63, 3.8) is 0 Å². The van der Waals surface area contributed by atoms with Crippen molar-refractivity contribution in [2.75, 3.05) is 13.1 Å². The topological polar surface area (TPSA) is 20.3 Å². The number of nitrogens with zero attached hydrogens (tertiary/aromatic N) is 1. The SMILES string of the molecule is C#CCCCN1CCCC1CC(C)=O. The van der Waals surface area contributed by atoms with Gasteiger partial charge in [-0.1, -0.05) is 0 Å². The maximum atomic E-state index is 11.0. The first-order valence-electron chi connectivity index (χ1n) is 5.41. The van der Waals surface area contributed by atoms with E-state index in [0.29, 0.717) is 11.8 Å². The lowest BCUT2D eigenvalue weighted by atomic mass is 10.1. The van der Waals surface area contributed by atoms with Crippen molar-refractivity contribution in [1.82, 2.24) is 4.90 Å². The van der Waals surface area contributed by atoms with Gasteiger partial charge in [-0.25, -0.2) is 0 Å². The van der Waals surface area contributed by atoms with E-state index in [1.807, 2.05) is 0 Å². The van der Waals surface area contributed by atoms with Crippen molar-refractivity contribution in [2.24, 2.45) is 0 Å². The molecule has 0 aromatic carbocycles. The van der Waals surface area contributed by atoms with Gasteiger partial charge in [0.15, 0.2) is 0 Å². The van der Waals surface area contributed by atoms with Crippen molar-refractivity contribution in [3.05, 3.63) is 0 Å². The van der Waals surface area contributed by atoms with Crippen LogP contribution in [0.25, 0.3) is 0 Å². The molecule has 14 heavy (non-hydrogen) atoms. The monoisotopic (exact) mass is 193 g/mol. The van der Waals surface area contributed by atoms with Crippen LogP contribution in [-0.2, 0) is 4.79 Å². The van der Waals surface area contributed by atoms with Crippen LogP contribution in [0.4, 0.5) is 0 Å². The molecule has 0 bridgehead atoms. The third-order valence-electron chi connectivity index (χ3n) is 2.79. The molecule has 78 valence electrons. The molecule has 1 heterocycles. The highest BCUT2D eigenvalue weighted by Crippen LogP contribution is 2.20. The summed E-state index contributed by atoms with van der Waals surface area (Å²) in [5, 5.41) is 0. The van der Waals surface area contributed by atoms with E-state index in [-0.39, 0.29) is 0 Å². The van der Waals surface area contributed by atoms with E-state index in [2.05, 4.69) is 10.8 Å². The fraction of sp³-hybridized carbons (Fsp3) is 0.750. The smallest absolute Gasteiger partial charge is 0.131 e. The molecule has 0 amide bonds. The Morgan fingerprint density at radius 2 is 2.43 bits per heavy atom. The summed E-state index contributed by atoms with van der Waals surface area (Å²) in [4.78, 5) is 13.4. The molecule has 0 N–H and O–H groups in total. The van der Waals surface area contributed by atoms with E-state index in [4.69, 9.17) is 6.42 Å².